The number of amides is 2. The number of carbonyl (C=O) groups is 2. The number of carbonyl (C=O) groups excluding carboxylic acids is 2. The molecule has 31 heavy (non-hydrogen) atoms. The molecule has 0 aromatic heterocycles. The highest BCUT2D eigenvalue weighted by Crippen LogP contribution is 2.19. The Morgan fingerprint density at radius 2 is 1.81 bits per heavy atom. The summed E-state index contributed by atoms with van der Waals surface area (Å²) < 4.78 is 5.33. The summed E-state index contributed by atoms with van der Waals surface area (Å²) in [7, 11) is 1.62. The number of ether oxygens (including phenoxy) is 1. The highest BCUT2D eigenvalue weighted by Gasteiger charge is 2.28. The zero-order valence-corrected chi connectivity index (χ0v) is 19.5. The largest absolute Gasteiger partial charge is 0.497 e. The molecule has 0 bridgehead atoms. The highest BCUT2D eigenvalue weighted by atomic mass is 16.5. The van der Waals surface area contributed by atoms with Crippen molar-refractivity contribution in [3.8, 4) is 5.75 Å². The molecule has 0 fully saturated rings. The molecule has 2 amide bonds. The van der Waals surface area contributed by atoms with Gasteiger partial charge in [-0.25, -0.2) is 0 Å². The number of nitrogens with zero attached hydrogens (tertiary/aromatic N) is 1. The normalized spacial score (nSPS) is 11.6. The second-order valence-electron chi connectivity index (χ2n) is 8.04. The van der Waals surface area contributed by atoms with E-state index >= 15 is 0 Å². The average molecular weight is 425 g/mol. The van der Waals surface area contributed by atoms with Crippen molar-refractivity contribution in [3.05, 3.63) is 64.7 Å². The van der Waals surface area contributed by atoms with Crippen LogP contribution >= 0.6 is 0 Å². The van der Waals surface area contributed by atoms with Crippen molar-refractivity contribution < 1.29 is 14.3 Å². The van der Waals surface area contributed by atoms with E-state index in [1.807, 2.05) is 50.2 Å². The van der Waals surface area contributed by atoms with Gasteiger partial charge in [0.15, 0.2) is 0 Å². The minimum Gasteiger partial charge on any atom is -0.497 e. The van der Waals surface area contributed by atoms with Crippen molar-refractivity contribution in [1.82, 2.24) is 10.2 Å². The average Bonchev–Trinajstić information content (AvgIpc) is 2.76. The van der Waals surface area contributed by atoms with Crippen LogP contribution in [-0.2, 0) is 22.6 Å². The Morgan fingerprint density at radius 3 is 2.45 bits per heavy atom. The molecule has 0 saturated carbocycles. The first kappa shape index (κ1) is 24.4. The van der Waals surface area contributed by atoms with Gasteiger partial charge in [-0.2, -0.15) is 0 Å². The molecular weight excluding hydrogens is 388 g/mol. The molecule has 5 heteroatoms. The van der Waals surface area contributed by atoms with Crippen LogP contribution in [0.1, 0.15) is 55.4 Å². The molecular formula is C26H36N2O3. The zero-order valence-electron chi connectivity index (χ0n) is 19.5. The Balaban J connectivity index is 2.28. The second kappa shape index (κ2) is 12.1. The maximum atomic E-state index is 13.4. The molecule has 0 saturated heterocycles. The van der Waals surface area contributed by atoms with Crippen molar-refractivity contribution in [2.75, 3.05) is 13.7 Å². The van der Waals surface area contributed by atoms with Gasteiger partial charge in [0.1, 0.15) is 11.8 Å². The molecule has 0 unspecified atom stereocenters. The molecule has 0 aliphatic rings. The predicted molar refractivity (Wildman–Crippen MR) is 125 cm³/mol. The first-order valence-corrected chi connectivity index (χ1v) is 11.2. The van der Waals surface area contributed by atoms with Gasteiger partial charge in [0.05, 0.1) is 13.5 Å². The molecule has 5 nitrogen and oxygen atoms in total. The summed E-state index contributed by atoms with van der Waals surface area (Å²) in [4.78, 5) is 28.1. The Labute approximate surface area is 186 Å². The quantitative estimate of drug-likeness (QED) is 0.537. The van der Waals surface area contributed by atoms with Crippen molar-refractivity contribution in [2.24, 2.45) is 0 Å². The third-order valence-corrected chi connectivity index (χ3v) is 5.63. The van der Waals surface area contributed by atoms with E-state index in [0.29, 0.717) is 19.5 Å². The van der Waals surface area contributed by atoms with E-state index < -0.39 is 6.04 Å². The fourth-order valence-corrected chi connectivity index (χ4v) is 3.58. The monoisotopic (exact) mass is 424 g/mol. The minimum atomic E-state index is -0.512. The molecule has 1 N–H and O–H groups in total. The number of nitrogens with one attached hydrogen (secondary N) is 1. The summed E-state index contributed by atoms with van der Waals surface area (Å²) >= 11 is 0. The van der Waals surface area contributed by atoms with Crippen molar-refractivity contribution in [3.63, 3.8) is 0 Å². The van der Waals surface area contributed by atoms with E-state index in [1.165, 1.54) is 5.56 Å². The molecule has 0 aliphatic carbocycles. The summed E-state index contributed by atoms with van der Waals surface area (Å²) in [6, 6.07) is 13.2. The highest BCUT2D eigenvalue weighted by molar-refractivity contribution is 5.88. The van der Waals surface area contributed by atoms with Gasteiger partial charge in [-0.15, -0.1) is 0 Å². The summed E-state index contributed by atoms with van der Waals surface area (Å²) in [5.41, 5.74) is 4.26. The number of rotatable bonds is 11. The molecule has 2 aromatic carbocycles. The van der Waals surface area contributed by atoms with Gasteiger partial charge >= 0.3 is 0 Å². The SMILES string of the molecule is CCCCNC(=O)[C@@H](CC)N(Cc1cccc(OC)c1)C(=O)Cc1ccc(C)c(C)c1. The van der Waals surface area contributed by atoms with E-state index in [1.54, 1.807) is 12.0 Å². The number of methoxy groups -OCH3 is 1. The first-order chi connectivity index (χ1) is 14.9. The minimum absolute atomic E-state index is 0.0523. The fraction of sp³-hybridized carbons (Fsp3) is 0.462. The van der Waals surface area contributed by atoms with Crippen LogP contribution in [0, 0.1) is 13.8 Å². The Hall–Kier alpha value is -2.82. The van der Waals surface area contributed by atoms with Crippen LogP contribution in [0.4, 0.5) is 0 Å². The lowest BCUT2D eigenvalue weighted by Crippen LogP contribution is -2.49. The number of aryl methyl sites for hydroxylation is 2. The Morgan fingerprint density at radius 1 is 1.03 bits per heavy atom. The van der Waals surface area contributed by atoms with E-state index in [-0.39, 0.29) is 18.2 Å². The smallest absolute Gasteiger partial charge is 0.242 e. The summed E-state index contributed by atoms with van der Waals surface area (Å²) in [5.74, 6) is 0.593. The number of hydrogen-bond donors (Lipinski definition) is 1. The van der Waals surface area contributed by atoms with Crippen LogP contribution < -0.4 is 10.1 Å². The van der Waals surface area contributed by atoms with E-state index in [4.69, 9.17) is 4.74 Å². The summed E-state index contributed by atoms with van der Waals surface area (Å²) in [5, 5.41) is 3.00. The maximum absolute atomic E-state index is 13.4. The maximum Gasteiger partial charge on any atom is 0.242 e. The molecule has 0 spiro atoms. The molecule has 0 heterocycles. The standard InChI is InChI=1S/C26H36N2O3/c1-6-8-14-27-26(30)24(7-2)28(18-22-10-9-11-23(16-22)31-5)25(29)17-21-13-12-19(3)20(4)15-21/h9-13,15-16,24H,6-8,14,17-18H2,1-5H3,(H,27,30)/t24-/m1/s1. The number of hydrogen-bond acceptors (Lipinski definition) is 3. The van der Waals surface area contributed by atoms with Crippen molar-refractivity contribution in [1.29, 1.82) is 0 Å². The molecule has 1 atom stereocenters. The Bertz CT molecular complexity index is 879. The third-order valence-electron chi connectivity index (χ3n) is 5.63. The summed E-state index contributed by atoms with van der Waals surface area (Å²) in [6.45, 7) is 9.14. The van der Waals surface area contributed by atoms with Crippen LogP contribution in [0.15, 0.2) is 42.5 Å². The van der Waals surface area contributed by atoms with Crippen LogP contribution in [0.5, 0.6) is 5.75 Å². The molecule has 2 rings (SSSR count). The van der Waals surface area contributed by atoms with Gasteiger partial charge in [0.2, 0.25) is 11.8 Å². The second-order valence-corrected chi connectivity index (χ2v) is 8.04. The Kier molecular flexibility index (Phi) is 9.57. The molecule has 168 valence electrons. The zero-order chi connectivity index (χ0) is 22.8. The van der Waals surface area contributed by atoms with Crippen LogP contribution in [-0.4, -0.2) is 36.4 Å². The van der Waals surface area contributed by atoms with Crippen molar-refractivity contribution >= 4 is 11.8 Å². The lowest BCUT2D eigenvalue weighted by Gasteiger charge is -2.31. The third kappa shape index (κ3) is 7.12. The van der Waals surface area contributed by atoms with Crippen molar-refractivity contribution in [2.45, 2.75) is 66.0 Å². The van der Waals surface area contributed by atoms with Crippen LogP contribution in [0.2, 0.25) is 0 Å². The topological polar surface area (TPSA) is 58.6 Å². The van der Waals surface area contributed by atoms with E-state index in [0.717, 1.165) is 35.3 Å². The predicted octanol–water partition coefficient (Wildman–Crippen LogP) is 4.58. The molecule has 0 radical (unpaired) electrons. The van der Waals surface area contributed by atoms with Gasteiger partial charge in [-0.1, -0.05) is 50.6 Å². The van der Waals surface area contributed by atoms with Crippen LogP contribution in [0.3, 0.4) is 0 Å². The summed E-state index contributed by atoms with van der Waals surface area (Å²) in [6.07, 6.45) is 2.76. The first-order valence-electron chi connectivity index (χ1n) is 11.2. The van der Waals surface area contributed by atoms with Crippen LogP contribution in [0.25, 0.3) is 0 Å². The fourth-order valence-electron chi connectivity index (χ4n) is 3.58. The van der Waals surface area contributed by atoms with Gasteiger partial charge in [-0.05, 0) is 61.1 Å². The van der Waals surface area contributed by atoms with Gasteiger partial charge in [-0.3, -0.25) is 9.59 Å². The lowest BCUT2D eigenvalue weighted by molar-refractivity contribution is -0.140. The lowest BCUT2D eigenvalue weighted by atomic mass is 10.0. The molecule has 2 aromatic rings. The van der Waals surface area contributed by atoms with Gasteiger partial charge in [0, 0.05) is 13.1 Å². The van der Waals surface area contributed by atoms with Gasteiger partial charge in [0.25, 0.3) is 0 Å². The number of benzene rings is 2. The van der Waals surface area contributed by atoms with E-state index in [2.05, 4.69) is 25.2 Å². The number of unbranched alkanes of at least 4 members (excludes halogenated alkanes) is 1. The van der Waals surface area contributed by atoms with Gasteiger partial charge < -0.3 is 15.0 Å². The molecule has 0 aliphatic heterocycles. The van der Waals surface area contributed by atoms with E-state index in [9.17, 15) is 9.59 Å².